The molecule has 2 N–H and O–H groups in total. The Kier molecular flexibility index (Phi) is 3.32. The second-order valence-electron chi connectivity index (χ2n) is 3.95. The SMILES string of the molecule is C[C@H](OC(=O)C1=Cc2ccccc2OC1)C(N)=O. The van der Waals surface area contributed by atoms with E-state index in [1.54, 1.807) is 6.08 Å². The highest BCUT2D eigenvalue weighted by molar-refractivity contribution is 5.96. The van der Waals surface area contributed by atoms with Crippen molar-refractivity contribution in [1.82, 2.24) is 0 Å². The fraction of sp³-hybridized carbons (Fsp3) is 0.231. The van der Waals surface area contributed by atoms with E-state index >= 15 is 0 Å². The molecule has 0 saturated carbocycles. The van der Waals surface area contributed by atoms with E-state index in [-0.39, 0.29) is 6.61 Å². The zero-order chi connectivity index (χ0) is 13.1. The maximum Gasteiger partial charge on any atom is 0.338 e. The van der Waals surface area contributed by atoms with Gasteiger partial charge in [0.25, 0.3) is 5.91 Å². The first-order valence-electron chi connectivity index (χ1n) is 5.50. The Morgan fingerprint density at radius 2 is 2.11 bits per heavy atom. The lowest BCUT2D eigenvalue weighted by molar-refractivity contribution is -0.150. The van der Waals surface area contributed by atoms with Gasteiger partial charge in [0.2, 0.25) is 0 Å². The number of nitrogens with two attached hydrogens (primary N) is 1. The highest BCUT2D eigenvalue weighted by Gasteiger charge is 2.21. The van der Waals surface area contributed by atoms with E-state index in [0.29, 0.717) is 5.57 Å². The van der Waals surface area contributed by atoms with Crippen LogP contribution in [0.2, 0.25) is 0 Å². The molecule has 1 aliphatic heterocycles. The molecule has 2 rings (SSSR count). The average Bonchev–Trinajstić information content (AvgIpc) is 2.37. The number of benzene rings is 1. The molecular formula is C13H13NO4. The van der Waals surface area contributed by atoms with Gasteiger partial charge in [0.05, 0.1) is 5.57 Å². The number of carbonyl (C=O) groups excluding carboxylic acids is 2. The first-order valence-corrected chi connectivity index (χ1v) is 5.50. The molecule has 0 aromatic heterocycles. The van der Waals surface area contributed by atoms with Crippen LogP contribution in [0.25, 0.3) is 6.08 Å². The molecule has 0 aliphatic carbocycles. The van der Waals surface area contributed by atoms with Crippen molar-refractivity contribution in [3.8, 4) is 5.75 Å². The van der Waals surface area contributed by atoms with Crippen molar-refractivity contribution in [3.05, 3.63) is 35.4 Å². The van der Waals surface area contributed by atoms with Gasteiger partial charge < -0.3 is 15.2 Å². The number of primary amides is 1. The molecule has 1 atom stereocenters. The quantitative estimate of drug-likeness (QED) is 0.804. The Hall–Kier alpha value is -2.30. The predicted molar refractivity (Wildman–Crippen MR) is 64.7 cm³/mol. The van der Waals surface area contributed by atoms with E-state index < -0.39 is 18.0 Å². The smallest absolute Gasteiger partial charge is 0.338 e. The molecule has 0 spiro atoms. The van der Waals surface area contributed by atoms with Crippen molar-refractivity contribution >= 4 is 18.0 Å². The number of carbonyl (C=O) groups is 2. The summed E-state index contributed by atoms with van der Waals surface area (Å²) in [7, 11) is 0. The normalized spacial score (nSPS) is 14.8. The lowest BCUT2D eigenvalue weighted by Gasteiger charge is -2.18. The lowest BCUT2D eigenvalue weighted by Crippen LogP contribution is -2.31. The number of amides is 1. The minimum atomic E-state index is -0.949. The van der Waals surface area contributed by atoms with Crippen molar-refractivity contribution in [3.63, 3.8) is 0 Å². The molecule has 5 heteroatoms. The molecule has 0 bridgehead atoms. The minimum Gasteiger partial charge on any atom is -0.488 e. The van der Waals surface area contributed by atoms with Crippen LogP contribution in [0.15, 0.2) is 29.8 Å². The van der Waals surface area contributed by atoms with Crippen molar-refractivity contribution in [1.29, 1.82) is 0 Å². The third-order valence-electron chi connectivity index (χ3n) is 2.58. The molecule has 1 aromatic rings. The van der Waals surface area contributed by atoms with E-state index in [1.807, 2.05) is 24.3 Å². The summed E-state index contributed by atoms with van der Waals surface area (Å²) in [5.74, 6) is -0.547. The fourth-order valence-electron chi connectivity index (χ4n) is 1.53. The number of fused-ring (bicyclic) bond motifs is 1. The van der Waals surface area contributed by atoms with Crippen LogP contribution in [0.5, 0.6) is 5.75 Å². The van der Waals surface area contributed by atoms with Gasteiger partial charge in [0.15, 0.2) is 6.10 Å². The van der Waals surface area contributed by atoms with E-state index in [4.69, 9.17) is 15.2 Å². The van der Waals surface area contributed by atoms with Crippen LogP contribution in [0.3, 0.4) is 0 Å². The van der Waals surface area contributed by atoms with Gasteiger partial charge in [-0.25, -0.2) is 4.79 Å². The number of rotatable bonds is 3. The molecule has 18 heavy (non-hydrogen) atoms. The summed E-state index contributed by atoms with van der Waals surface area (Å²) in [4.78, 5) is 22.6. The number of para-hydroxylation sites is 1. The maximum absolute atomic E-state index is 11.7. The predicted octanol–water partition coefficient (Wildman–Crippen LogP) is 0.879. The van der Waals surface area contributed by atoms with Crippen molar-refractivity contribution < 1.29 is 19.1 Å². The summed E-state index contributed by atoms with van der Waals surface area (Å²) in [6.07, 6.45) is 0.741. The molecule has 1 aromatic carbocycles. The summed E-state index contributed by atoms with van der Waals surface area (Å²) in [6, 6.07) is 7.35. The van der Waals surface area contributed by atoms with E-state index in [0.717, 1.165) is 11.3 Å². The molecule has 1 amide bonds. The fourth-order valence-corrected chi connectivity index (χ4v) is 1.53. The Morgan fingerprint density at radius 1 is 1.39 bits per heavy atom. The lowest BCUT2D eigenvalue weighted by atomic mass is 10.1. The Morgan fingerprint density at radius 3 is 2.83 bits per heavy atom. The van der Waals surface area contributed by atoms with Gasteiger partial charge in [0, 0.05) is 5.56 Å². The Labute approximate surface area is 104 Å². The number of hydrogen-bond acceptors (Lipinski definition) is 4. The molecule has 0 radical (unpaired) electrons. The van der Waals surface area contributed by atoms with Crippen LogP contribution in [0.1, 0.15) is 12.5 Å². The molecule has 0 unspecified atom stereocenters. The zero-order valence-electron chi connectivity index (χ0n) is 9.88. The van der Waals surface area contributed by atoms with Crippen LogP contribution < -0.4 is 10.5 Å². The second kappa shape index (κ2) is 4.91. The van der Waals surface area contributed by atoms with Crippen LogP contribution in [-0.2, 0) is 14.3 Å². The number of ether oxygens (including phenoxy) is 2. The molecule has 0 saturated heterocycles. The van der Waals surface area contributed by atoms with Crippen LogP contribution in [0.4, 0.5) is 0 Å². The van der Waals surface area contributed by atoms with Crippen LogP contribution in [-0.4, -0.2) is 24.6 Å². The van der Waals surface area contributed by atoms with Gasteiger partial charge in [-0.15, -0.1) is 0 Å². The molecule has 1 aliphatic rings. The molecule has 0 fully saturated rings. The highest BCUT2D eigenvalue weighted by atomic mass is 16.6. The van der Waals surface area contributed by atoms with Crippen molar-refractivity contribution in [2.24, 2.45) is 5.73 Å². The summed E-state index contributed by atoms with van der Waals surface area (Å²) >= 11 is 0. The van der Waals surface area contributed by atoms with E-state index in [1.165, 1.54) is 6.92 Å². The topological polar surface area (TPSA) is 78.6 Å². The summed E-state index contributed by atoms with van der Waals surface area (Å²) in [5.41, 5.74) is 6.19. The van der Waals surface area contributed by atoms with Crippen LogP contribution in [0, 0.1) is 0 Å². The van der Waals surface area contributed by atoms with E-state index in [2.05, 4.69) is 0 Å². The van der Waals surface area contributed by atoms with Crippen molar-refractivity contribution in [2.45, 2.75) is 13.0 Å². The first kappa shape index (κ1) is 12.2. The highest BCUT2D eigenvalue weighted by Crippen LogP contribution is 2.26. The van der Waals surface area contributed by atoms with Crippen LogP contribution >= 0.6 is 0 Å². The number of esters is 1. The average molecular weight is 247 g/mol. The summed E-state index contributed by atoms with van der Waals surface area (Å²) in [5, 5.41) is 0. The van der Waals surface area contributed by atoms with Gasteiger partial charge in [-0.05, 0) is 19.1 Å². The van der Waals surface area contributed by atoms with Gasteiger partial charge in [-0.2, -0.15) is 0 Å². The van der Waals surface area contributed by atoms with Crippen molar-refractivity contribution in [2.75, 3.05) is 6.61 Å². The van der Waals surface area contributed by atoms with Gasteiger partial charge in [-0.3, -0.25) is 4.79 Å². The summed E-state index contributed by atoms with van der Waals surface area (Å²) in [6.45, 7) is 1.56. The number of hydrogen-bond donors (Lipinski definition) is 1. The molecule has 94 valence electrons. The zero-order valence-corrected chi connectivity index (χ0v) is 9.88. The van der Waals surface area contributed by atoms with Gasteiger partial charge >= 0.3 is 5.97 Å². The standard InChI is InChI=1S/C13H13NO4/c1-8(12(14)15)18-13(16)10-6-9-4-2-3-5-11(9)17-7-10/h2-6,8H,7H2,1H3,(H2,14,15)/t8-/m0/s1. The second-order valence-corrected chi connectivity index (χ2v) is 3.95. The molecule has 1 heterocycles. The Balaban J connectivity index is 2.14. The molecule has 5 nitrogen and oxygen atoms in total. The monoisotopic (exact) mass is 247 g/mol. The van der Waals surface area contributed by atoms with E-state index in [9.17, 15) is 9.59 Å². The minimum absolute atomic E-state index is 0.126. The molecular weight excluding hydrogens is 234 g/mol. The Bertz CT molecular complexity index is 521. The van der Waals surface area contributed by atoms with Gasteiger partial charge in [-0.1, -0.05) is 18.2 Å². The third kappa shape index (κ3) is 2.51. The maximum atomic E-state index is 11.7. The summed E-state index contributed by atoms with van der Waals surface area (Å²) < 4.78 is 10.3. The van der Waals surface area contributed by atoms with Gasteiger partial charge in [0.1, 0.15) is 12.4 Å². The largest absolute Gasteiger partial charge is 0.488 e. The first-order chi connectivity index (χ1) is 8.58. The third-order valence-corrected chi connectivity index (χ3v) is 2.58.